The standard InChI is InChI=1S/C10H16N2O/c1-8(2)10(13)12-6-4-3-5-9(12)7-11/h8-9H,3-6H2,1-2H3. The summed E-state index contributed by atoms with van der Waals surface area (Å²) in [5, 5.41) is 8.85. The largest absolute Gasteiger partial charge is 0.326 e. The molecule has 1 unspecified atom stereocenters. The van der Waals surface area contributed by atoms with E-state index in [2.05, 4.69) is 6.07 Å². The van der Waals surface area contributed by atoms with Crippen LogP contribution in [-0.2, 0) is 4.79 Å². The second-order valence-electron chi connectivity index (χ2n) is 3.83. The van der Waals surface area contributed by atoms with E-state index >= 15 is 0 Å². The summed E-state index contributed by atoms with van der Waals surface area (Å²) in [5.41, 5.74) is 0. The lowest BCUT2D eigenvalue weighted by Crippen LogP contribution is -2.44. The number of carbonyl (C=O) groups is 1. The predicted octanol–water partition coefficient (Wildman–Crippen LogP) is 1.55. The van der Waals surface area contributed by atoms with Crippen molar-refractivity contribution in [2.75, 3.05) is 6.54 Å². The molecule has 0 aromatic carbocycles. The number of nitriles is 1. The zero-order chi connectivity index (χ0) is 9.84. The van der Waals surface area contributed by atoms with Gasteiger partial charge in [0.25, 0.3) is 0 Å². The van der Waals surface area contributed by atoms with Gasteiger partial charge < -0.3 is 4.90 Å². The number of hydrogen-bond donors (Lipinski definition) is 0. The molecule has 0 N–H and O–H groups in total. The van der Waals surface area contributed by atoms with Gasteiger partial charge in [0, 0.05) is 12.5 Å². The number of carbonyl (C=O) groups excluding carboxylic acids is 1. The summed E-state index contributed by atoms with van der Waals surface area (Å²) in [4.78, 5) is 13.4. The van der Waals surface area contributed by atoms with E-state index in [0.29, 0.717) is 0 Å². The van der Waals surface area contributed by atoms with Crippen LogP contribution >= 0.6 is 0 Å². The second-order valence-corrected chi connectivity index (χ2v) is 3.83. The fraction of sp³-hybridized carbons (Fsp3) is 0.800. The Morgan fingerprint density at radius 2 is 2.23 bits per heavy atom. The topological polar surface area (TPSA) is 44.1 Å². The molecule has 0 bridgehead atoms. The normalized spacial score (nSPS) is 22.9. The van der Waals surface area contributed by atoms with Crippen molar-refractivity contribution in [2.24, 2.45) is 5.92 Å². The van der Waals surface area contributed by atoms with Gasteiger partial charge in [-0.2, -0.15) is 5.26 Å². The van der Waals surface area contributed by atoms with Crippen molar-refractivity contribution in [1.82, 2.24) is 4.90 Å². The molecule has 1 fully saturated rings. The Morgan fingerprint density at radius 3 is 2.77 bits per heavy atom. The minimum absolute atomic E-state index is 0.00829. The molecule has 0 spiro atoms. The number of hydrogen-bond acceptors (Lipinski definition) is 2. The molecule has 1 saturated heterocycles. The Bertz CT molecular complexity index is 230. The van der Waals surface area contributed by atoms with Gasteiger partial charge in [-0.15, -0.1) is 0 Å². The van der Waals surface area contributed by atoms with Gasteiger partial charge in [0.1, 0.15) is 6.04 Å². The third kappa shape index (κ3) is 2.21. The van der Waals surface area contributed by atoms with E-state index in [0.717, 1.165) is 25.8 Å². The van der Waals surface area contributed by atoms with Crippen molar-refractivity contribution in [1.29, 1.82) is 5.26 Å². The summed E-state index contributed by atoms with van der Waals surface area (Å²) in [6, 6.07) is 2.02. The van der Waals surface area contributed by atoms with Crippen LogP contribution in [0.25, 0.3) is 0 Å². The van der Waals surface area contributed by atoms with E-state index < -0.39 is 0 Å². The molecular weight excluding hydrogens is 164 g/mol. The van der Waals surface area contributed by atoms with Crippen LogP contribution in [0.5, 0.6) is 0 Å². The molecule has 1 aliphatic rings. The Kier molecular flexibility index (Phi) is 3.30. The molecule has 72 valence electrons. The van der Waals surface area contributed by atoms with Crippen LogP contribution in [0.3, 0.4) is 0 Å². The molecule has 1 atom stereocenters. The maximum absolute atomic E-state index is 11.6. The Labute approximate surface area is 79.3 Å². The predicted molar refractivity (Wildman–Crippen MR) is 49.8 cm³/mol. The van der Waals surface area contributed by atoms with Crippen LogP contribution in [-0.4, -0.2) is 23.4 Å². The lowest BCUT2D eigenvalue weighted by Gasteiger charge is -2.32. The van der Waals surface area contributed by atoms with E-state index in [1.165, 1.54) is 0 Å². The number of nitrogens with zero attached hydrogens (tertiary/aromatic N) is 2. The van der Waals surface area contributed by atoms with E-state index in [4.69, 9.17) is 5.26 Å². The van der Waals surface area contributed by atoms with Gasteiger partial charge >= 0.3 is 0 Å². The molecule has 0 saturated carbocycles. The molecular formula is C10H16N2O. The highest BCUT2D eigenvalue weighted by molar-refractivity contribution is 5.78. The highest BCUT2D eigenvalue weighted by Gasteiger charge is 2.27. The Morgan fingerprint density at radius 1 is 1.54 bits per heavy atom. The fourth-order valence-electron chi connectivity index (χ4n) is 1.66. The van der Waals surface area contributed by atoms with Gasteiger partial charge in [0.15, 0.2) is 0 Å². The van der Waals surface area contributed by atoms with Crippen molar-refractivity contribution >= 4 is 5.91 Å². The third-order valence-electron chi connectivity index (χ3n) is 2.43. The highest BCUT2D eigenvalue weighted by Crippen LogP contribution is 2.18. The molecule has 0 aromatic heterocycles. The zero-order valence-corrected chi connectivity index (χ0v) is 8.29. The van der Waals surface area contributed by atoms with Crippen molar-refractivity contribution in [3.05, 3.63) is 0 Å². The van der Waals surface area contributed by atoms with E-state index in [9.17, 15) is 4.79 Å². The van der Waals surface area contributed by atoms with Crippen LogP contribution in [0.15, 0.2) is 0 Å². The lowest BCUT2D eigenvalue weighted by molar-refractivity contribution is -0.136. The van der Waals surface area contributed by atoms with Gasteiger partial charge in [-0.3, -0.25) is 4.79 Å². The summed E-state index contributed by atoms with van der Waals surface area (Å²) in [6.07, 6.45) is 2.95. The van der Waals surface area contributed by atoms with Crippen LogP contribution < -0.4 is 0 Å². The molecule has 0 radical (unpaired) electrons. The molecule has 3 nitrogen and oxygen atoms in total. The number of rotatable bonds is 1. The Balaban J connectivity index is 2.65. The van der Waals surface area contributed by atoms with Gasteiger partial charge in [-0.05, 0) is 19.3 Å². The summed E-state index contributed by atoms with van der Waals surface area (Å²) >= 11 is 0. The zero-order valence-electron chi connectivity index (χ0n) is 8.29. The van der Waals surface area contributed by atoms with Gasteiger partial charge in [-0.1, -0.05) is 13.8 Å². The monoisotopic (exact) mass is 180 g/mol. The quantitative estimate of drug-likeness (QED) is 0.614. The molecule has 1 rings (SSSR count). The maximum Gasteiger partial charge on any atom is 0.226 e. The first-order valence-corrected chi connectivity index (χ1v) is 4.87. The van der Waals surface area contributed by atoms with Gasteiger partial charge in [0.05, 0.1) is 6.07 Å². The smallest absolute Gasteiger partial charge is 0.226 e. The van der Waals surface area contributed by atoms with E-state index in [1.54, 1.807) is 4.90 Å². The first-order chi connectivity index (χ1) is 6.16. The number of likely N-dealkylation sites (tertiary alicyclic amines) is 1. The number of amides is 1. The molecule has 1 aliphatic heterocycles. The maximum atomic E-state index is 11.6. The number of piperidine rings is 1. The first-order valence-electron chi connectivity index (χ1n) is 4.87. The second kappa shape index (κ2) is 4.27. The summed E-state index contributed by atoms with van der Waals surface area (Å²) in [7, 11) is 0. The van der Waals surface area contributed by atoms with Crippen LogP contribution in [0.1, 0.15) is 33.1 Å². The summed E-state index contributed by atoms with van der Waals surface area (Å²) in [6.45, 7) is 4.52. The van der Waals surface area contributed by atoms with Gasteiger partial charge in [-0.25, -0.2) is 0 Å². The van der Waals surface area contributed by atoms with Crippen molar-refractivity contribution in [2.45, 2.75) is 39.2 Å². The summed E-state index contributed by atoms with van der Waals surface area (Å²) < 4.78 is 0. The molecule has 1 heterocycles. The average molecular weight is 180 g/mol. The summed E-state index contributed by atoms with van der Waals surface area (Å²) in [5.74, 6) is 0.125. The van der Waals surface area contributed by atoms with Crippen molar-refractivity contribution < 1.29 is 4.79 Å². The molecule has 1 amide bonds. The minimum atomic E-state index is -0.177. The molecule has 13 heavy (non-hydrogen) atoms. The Hall–Kier alpha value is -1.04. The van der Waals surface area contributed by atoms with Crippen LogP contribution in [0.2, 0.25) is 0 Å². The fourth-order valence-corrected chi connectivity index (χ4v) is 1.66. The van der Waals surface area contributed by atoms with Crippen molar-refractivity contribution in [3.8, 4) is 6.07 Å². The van der Waals surface area contributed by atoms with E-state index in [-0.39, 0.29) is 17.9 Å². The van der Waals surface area contributed by atoms with E-state index in [1.807, 2.05) is 13.8 Å². The molecule has 3 heteroatoms. The highest BCUT2D eigenvalue weighted by atomic mass is 16.2. The third-order valence-corrected chi connectivity index (χ3v) is 2.43. The average Bonchev–Trinajstić information content (AvgIpc) is 2.16. The SMILES string of the molecule is CC(C)C(=O)N1CCCCC1C#N. The molecule has 0 aliphatic carbocycles. The minimum Gasteiger partial charge on any atom is -0.326 e. The lowest BCUT2D eigenvalue weighted by atomic mass is 10.0. The van der Waals surface area contributed by atoms with Gasteiger partial charge in [0.2, 0.25) is 5.91 Å². The first kappa shape index (κ1) is 10.0. The van der Waals surface area contributed by atoms with Crippen LogP contribution in [0, 0.1) is 17.2 Å². The van der Waals surface area contributed by atoms with Crippen LogP contribution in [0.4, 0.5) is 0 Å². The molecule has 0 aromatic rings. The van der Waals surface area contributed by atoms with Crippen molar-refractivity contribution in [3.63, 3.8) is 0 Å².